The Kier molecular flexibility index (Phi) is 5.96. The highest BCUT2D eigenvalue weighted by molar-refractivity contribution is 6.29. The highest BCUT2D eigenvalue weighted by Gasteiger charge is 2.09. The molecule has 0 bridgehead atoms. The van der Waals surface area contributed by atoms with Gasteiger partial charge in [-0.25, -0.2) is 4.79 Å². The van der Waals surface area contributed by atoms with Crippen molar-refractivity contribution in [3.63, 3.8) is 0 Å². The lowest BCUT2D eigenvalue weighted by Crippen LogP contribution is -2.02. The van der Waals surface area contributed by atoms with Gasteiger partial charge in [0.15, 0.2) is 11.5 Å². The second kappa shape index (κ2) is 7.48. The molecule has 0 amide bonds. The van der Waals surface area contributed by atoms with Crippen LogP contribution in [-0.2, 0) is 4.79 Å². The fourth-order valence-electron chi connectivity index (χ4n) is 1.40. The van der Waals surface area contributed by atoms with E-state index in [4.69, 9.17) is 26.2 Å². The number of benzene rings is 1. The van der Waals surface area contributed by atoms with E-state index >= 15 is 0 Å². The van der Waals surface area contributed by atoms with Crippen LogP contribution in [0, 0.1) is 0 Å². The van der Waals surface area contributed by atoms with Crippen LogP contribution in [0.3, 0.4) is 0 Å². The predicted octanol–water partition coefficient (Wildman–Crippen LogP) is 3.31. The Bertz CT molecular complexity index is 494. The minimum absolute atomic E-state index is 0.125. The summed E-state index contributed by atoms with van der Waals surface area (Å²) in [4.78, 5) is 10.6. The number of halogens is 1. The van der Waals surface area contributed by atoms with Gasteiger partial charge in [0.1, 0.15) is 6.61 Å². The standard InChI is InChI=1S/C14H15ClO4/c1-3-18-12-6-4-5-11(7-8-13(16)17)14(12)19-9-10(2)15/h4-8H,2-3,9H2,1H3,(H,16,17)/b8-7+. The smallest absolute Gasteiger partial charge is 0.328 e. The number of carboxylic acids is 1. The molecule has 0 unspecified atom stereocenters. The van der Waals surface area contributed by atoms with E-state index in [0.717, 1.165) is 6.08 Å². The Balaban J connectivity index is 3.09. The van der Waals surface area contributed by atoms with Crippen molar-refractivity contribution >= 4 is 23.6 Å². The summed E-state index contributed by atoms with van der Waals surface area (Å²) in [6.45, 7) is 5.99. The fraction of sp³-hybridized carbons (Fsp3) is 0.214. The first-order valence-electron chi connectivity index (χ1n) is 5.67. The molecule has 0 fully saturated rings. The Labute approximate surface area is 116 Å². The van der Waals surface area contributed by atoms with Crippen LogP contribution in [0.25, 0.3) is 6.08 Å². The molecule has 1 aromatic carbocycles. The molecule has 4 nitrogen and oxygen atoms in total. The summed E-state index contributed by atoms with van der Waals surface area (Å²) in [7, 11) is 0. The second-order valence-corrected chi connectivity index (χ2v) is 4.12. The van der Waals surface area contributed by atoms with E-state index in [-0.39, 0.29) is 6.61 Å². The molecule has 0 aliphatic heterocycles. The number of hydrogen-bond acceptors (Lipinski definition) is 3. The summed E-state index contributed by atoms with van der Waals surface area (Å²) in [5, 5.41) is 9.01. The molecule has 102 valence electrons. The molecule has 19 heavy (non-hydrogen) atoms. The van der Waals surface area contributed by atoms with Gasteiger partial charge in [0.05, 0.1) is 6.61 Å². The monoisotopic (exact) mass is 282 g/mol. The van der Waals surface area contributed by atoms with E-state index < -0.39 is 5.97 Å². The molecular formula is C14H15ClO4. The van der Waals surface area contributed by atoms with Gasteiger partial charge in [-0.15, -0.1) is 0 Å². The number of carboxylic acid groups (broad SMARTS) is 1. The van der Waals surface area contributed by atoms with E-state index in [0.29, 0.717) is 28.7 Å². The topological polar surface area (TPSA) is 55.8 Å². The van der Waals surface area contributed by atoms with Gasteiger partial charge in [-0.3, -0.25) is 0 Å². The molecule has 1 aromatic rings. The zero-order valence-corrected chi connectivity index (χ0v) is 11.3. The first-order valence-corrected chi connectivity index (χ1v) is 6.05. The molecule has 0 aromatic heterocycles. The number of aliphatic carboxylic acids is 1. The third-order valence-corrected chi connectivity index (χ3v) is 2.20. The average Bonchev–Trinajstić information content (AvgIpc) is 2.35. The Morgan fingerprint density at radius 1 is 1.47 bits per heavy atom. The summed E-state index contributed by atoms with van der Waals surface area (Å²) < 4.78 is 11.0. The summed E-state index contributed by atoms with van der Waals surface area (Å²) in [5.74, 6) is -0.0499. The predicted molar refractivity (Wildman–Crippen MR) is 74.8 cm³/mol. The summed E-state index contributed by atoms with van der Waals surface area (Å²) in [5.41, 5.74) is 0.603. The largest absolute Gasteiger partial charge is 0.490 e. The van der Waals surface area contributed by atoms with Crippen molar-refractivity contribution in [3.8, 4) is 11.5 Å². The van der Waals surface area contributed by atoms with Gasteiger partial charge < -0.3 is 14.6 Å². The molecule has 0 heterocycles. The molecule has 5 heteroatoms. The van der Waals surface area contributed by atoms with Crippen molar-refractivity contribution < 1.29 is 19.4 Å². The van der Waals surface area contributed by atoms with E-state index in [1.165, 1.54) is 6.08 Å². The number of hydrogen-bond donors (Lipinski definition) is 1. The molecule has 0 saturated carbocycles. The first-order chi connectivity index (χ1) is 9.04. The van der Waals surface area contributed by atoms with Crippen LogP contribution in [0.5, 0.6) is 11.5 Å². The van der Waals surface area contributed by atoms with Crippen molar-refractivity contribution in [2.24, 2.45) is 0 Å². The maximum Gasteiger partial charge on any atom is 0.328 e. The number of rotatable bonds is 7. The Hall–Kier alpha value is -1.94. The molecule has 0 radical (unpaired) electrons. The van der Waals surface area contributed by atoms with Crippen molar-refractivity contribution in [2.75, 3.05) is 13.2 Å². The molecule has 0 saturated heterocycles. The molecular weight excluding hydrogens is 268 g/mol. The van der Waals surface area contributed by atoms with Crippen molar-refractivity contribution in [1.82, 2.24) is 0 Å². The quantitative estimate of drug-likeness (QED) is 0.780. The Morgan fingerprint density at radius 3 is 2.79 bits per heavy atom. The number of ether oxygens (including phenoxy) is 2. The second-order valence-electron chi connectivity index (χ2n) is 3.59. The van der Waals surface area contributed by atoms with Crippen LogP contribution in [0.1, 0.15) is 12.5 Å². The molecule has 0 aliphatic rings. The lowest BCUT2D eigenvalue weighted by Gasteiger charge is -2.13. The lowest BCUT2D eigenvalue weighted by atomic mass is 10.1. The minimum atomic E-state index is -1.03. The van der Waals surface area contributed by atoms with Crippen molar-refractivity contribution in [3.05, 3.63) is 41.4 Å². The molecule has 1 rings (SSSR count). The van der Waals surface area contributed by atoms with E-state index in [1.54, 1.807) is 18.2 Å². The van der Waals surface area contributed by atoms with Crippen molar-refractivity contribution in [2.45, 2.75) is 6.92 Å². The third-order valence-electron chi connectivity index (χ3n) is 2.09. The summed E-state index contributed by atoms with van der Waals surface area (Å²) >= 11 is 5.66. The van der Waals surface area contributed by atoms with Crippen LogP contribution < -0.4 is 9.47 Å². The zero-order valence-electron chi connectivity index (χ0n) is 10.6. The summed E-state index contributed by atoms with van der Waals surface area (Å²) in [6, 6.07) is 5.23. The normalized spacial score (nSPS) is 10.4. The maximum atomic E-state index is 10.6. The summed E-state index contributed by atoms with van der Waals surface area (Å²) in [6.07, 6.45) is 2.48. The fourth-order valence-corrected chi connectivity index (χ4v) is 1.45. The molecule has 0 aliphatic carbocycles. The molecule has 0 spiro atoms. The average molecular weight is 283 g/mol. The van der Waals surface area contributed by atoms with Gasteiger partial charge in [0, 0.05) is 16.7 Å². The molecule has 0 atom stereocenters. The van der Waals surface area contributed by atoms with Crippen LogP contribution in [0.15, 0.2) is 35.9 Å². The number of para-hydroxylation sites is 1. The lowest BCUT2D eigenvalue weighted by molar-refractivity contribution is -0.131. The van der Waals surface area contributed by atoms with Gasteiger partial charge in [-0.2, -0.15) is 0 Å². The van der Waals surface area contributed by atoms with Gasteiger partial charge in [-0.1, -0.05) is 30.3 Å². The van der Waals surface area contributed by atoms with Gasteiger partial charge in [0.2, 0.25) is 0 Å². The van der Waals surface area contributed by atoms with E-state index in [2.05, 4.69) is 6.58 Å². The highest BCUT2D eigenvalue weighted by Crippen LogP contribution is 2.32. The third kappa shape index (κ3) is 5.06. The maximum absolute atomic E-state index is 10.6. The van der Waals surface area contributed by atoms with Crippen molar-refractivity contribution in [1.29, 1.82) is 0 Å². The first kappa shape index (κ1) is 15.1. The van der Waals surface area contributed by atoms with Crippen LogP contribution >= 0.6 is 11.6 Å². The van der Waals surface area contributed by atoms with Gasteiger partial charge >= 0.3 is 5.97 Å². The zero-order chi connectivity index (χ0) is 14.3. The van der Waals surface area contributed by atoms with E-state index in [9.17, 15) is 4.79 Å². The van der Waals surface area contributed by atoms with Crippen LogP contribution in [0.4, 0.5) is 0 Å². The highest BCUT2D eigenvalue weighted by atomic mass is 35.5. The molecule has 1 N–H and O–H groups in total. The SMILES string of the molecule is C=C(Cl)COc1c(/C=C/C(=O)O)cccc1OCC. The Morgan fingerprint density at radius 2 is 2.21 bits per heavy atom. The van der Waals surface area contributed by atoms with Crippen LogP contribution in [0.2, 0.25) is 0 Å². The van der Waals surface area contributed by atoms with Gasteiger partial charge in [-0.05, 0) is 19.1 Å². The van der Waals surface area contributed by atoms with Crippen LogP contribution in [-0.4, -0.2) is 24.3 Å². The minimum Gasteiger partial charge on any atom is -0.490 e. The van der Waals surface area contributed by atoms with E-state index in [1.807, 2.05) is 6.92 Å². The number of carbonyl (C=O) groups is 1. The van der Waals surface area contributed by atoms with Gasteiger partial charge in [0.25, 0.3) is 0 Å².